The number of urea groups is 1. The highest BCUT2D eigenvalue weighted by Gasteiger charge is 2.52. The molecule has 0 atom stereocenters. The van der Waals surface area contributed by atoms with E-state index in [0.29, 0.717) is 18.8 Å². The van der Waals surface area contributed by atoms with E-state index in [4.69, 9.17) is 5.11 Å². The molecule has 2 aromatic rings. The monoisotopic (exact) mass is 467 g/mol. The minimum Gasteiger partial charge on any atom is -0.465 e. The van der Waals surface area contributed by atoms with E-state index in [0.717, 1.165) is 51.1 Å². The zero-order chi connectivity index (χ0) is 23.7. The molecule has 1 aromatic heterocycles. The van der Waals surface area contributed by atoms with E-state index in [1.807, 2.05) is 24.3 Å². The molecule has 4 N–H and O–H groups in total. The van der Waals surface area contributed by atoms with Crippen LogP contribution in [0.25, 0.3) is 5.69 Å². The van der Waals surface area contributed by atoms with Gasteiger partial charge in [-0.2, -0.15) is 4.98 Å². The number of likely N-dealkylation sites (tertiary alicyclic amines) is 1. The lowest BCUT2D eigenvalue weighted by atomic mass is 9.60. The number of anilines is 1. The summed E-state index contributed by atoms with van der Waals surface area (Å²) in [5.74, 6) is 0.241. The van der Waals surface area contributed by atoms with Gasteiger partial charge in [-0.05, 0) is 42.0 Å². The van der Waals surface area contributed by atoms with Gasteiger partial charge in [-0.3, -0.25) is 14.8 Å². The SMILES string of the molecule is O=C(O)NC1CC2(C1)CN(Cc1ccc(-n3ccc(NC(=O)N4CCNCC4)nc3=O)cc1)C2. The molecule has 0 radical (unpaired) electrons. The van der Waals surface area contributed by atoms with Crippen LogP contribution in [0.5, 0.6) is 0 Å². The number of piperazine rings is 1. The smallest absolute Gasteiger partial charge is 0.404 e. The van der Waals surface area contributed by atoms with Crippen molar-refractivity contribution in [2.75, 3.05) is 44.6 Å². The lowest BCUT2D eigenvalue weighted by Crippen LogP contribution is -2.66. The zero-order valence-electron chi connectivity index (χ0n) is 18.9. The van der Waals surface area contributed by atoms with Crippen molar-refractivity contribution in [3.63, 3.8) is 0 Å². The largest absolute Gasteiger partial charge is 0.465 e. The third-order valence-electron chi connectivity index (χ3n) is 6.87. The van der Waals surface area contributed by atoms with Crippen LogP contribution in [-0.2, 0) is 6.54 Å². The van der Waals surface area contributed by atoms with Gasteiger partial charge in [0, 0.05) is 58.1 Å². The molecule has 34 heavy (non-hydrogen) atoms. The summed E-state index contributed by atoms with van der Waals surface area (Å²) in [5, 5.41) is 17.3. The number of carboxylic acid groups (broad SMARTS) is 1. The molecule has 1 saturated carbocycles. The molecular weight excluding hydrogens is 438 g/mol. The van der Waals surface area contributed by atoms with E-state index in [1.165, 1.54) is 4.57 Å². The average molecular weight is 468 g/mol. The maximum absolute atomic E-state index is 12.5. The van der Waals surface area contributed by atoms with Gasteiger partial charge in [-0.15, -0.1) is 0 Å². The number of hydrogen-bond acceptors (Lipinski definition) is 6. The van der Waals surface area contributed by atoms with Crippen molar-refractivity contribution in [2.45, 2.75) is 25.4 Å². The predicted molar refractivity (Wildman–Crippen MR) is 125 cm³/mol. The highest BCUT2D eigenvalue weighted by atomic mass is 16.4. The van der Waals surface area contributed by atoms with Gasteiger partial charge < -0.3 is 20.6 Å². The van der Waals surface area contributed by atoms with Crippen molar-refractivity contribution in [1.82, 2.24) is 30.0 Å². The van der Waals surface area contributed by atoms with Crippen LogP contribution in [0.1, 0.15) is 18.4 Å². The summed E-state index contributed by atoms with van der Waals surface area (Å²) in [6.45, 7) is 5.53. The summed E-state index contributed by atoms with van der Waals surface area (Å²) in [4.78, 5) is 43.7. The maximum atomic E-state index is 12.5. The van der Waals surface area contributed by atoms with E-state index >= 15 is 0 Å². The summed E-state index contributed by atoms with van der Waals surface area (Å²) in [6, 6.07) is 9.25. The lowest BCUT2D eigenvalue weighted by molar-refractivity contribution is -0.0812. The Kier molecular flexibility index (Phi) is 5.96. The van der Waals surface area contributed by atoms with Gasteiger partial charge >= 0.3 is 17.8 Å². The molecule has 3 fully saturated rings. The fraction of sp³-hybridized carbons (Fsp3) is 0.478. The van der Waals surface area contributed by atoms with Crippen molar-refractivity contribution in [3.8, 4) is 5.69 Å². The number of hydrogen-bond donors (Lipinski definition) is 4. The quantitative estimate of drug-likeness (QED) is 0.514. The number of carbonyl (C=O) groups excluding carboxylic acids is 1. The van der Waals surface area contributed by atoms with E-state index in [1.54, 1.807) is 17.2 Å². The number of carbonyl (C=O) groups is 2. The Bertz CT molecular complexity index is 1110. The van der Waals surface area contributed by atoms with Crippen molar-refractivity contribution in [1.29, 1.82) is 0 Å². The van der Waals surface area contributed by atoms with Gasteiger partial charge in [-0.1, -0.05) is 12.1 Å². The number of aromatic nitrogens is 2. The summed E-state index contributed by atoms with van der Waals surface area (Å²) in [5.41, 5.74) is 1.68. The zero-order valence-corrected chi connectivity index (χ0v) is 18.9. The highest BCUT2D eigenvalue weighted by Crippen LogP contribution is 2.48. The topological polar surface area (TPSA) is 132 Å². The van der Waals surface area contributed by atoms with Crippen LogP contribution in [0, 0.1) is 5.41 Å². The van der Waals surface area contributed by atoms with Crippen LogP contribution >= 0.6 is 0 Å². The Morgan fingerprint density at radius 2 is 1.82 bits per heavy atom. The van der Waals surface area contributed by atoms with Crippen molar-refractivity contribution in [2.24, 2.45) is 5.41 Å². The van der Waals surface area contributed by atoms with Gasteiger partial charge in [0.15, 0.2) is 0 Å². The Balaban J connectivity index is 1.14. The van der Waals surface area contributed by atoms with Crippen LogP contribution in [0.3, 0.4) is 0 Å². The Morgan fingerprint density at radius 1 is 1.12 bits per heavy atom. The molecular formula is C23H29N7O4. The number of nitrogens with zero attached hydrogens (tertiary/aromatic N) is 4. The van der Waals surface area contributed by atoms with E-state index in [9.17, 15) is 14.4 Å². The summed E-state index contributed by atoms with van der Waals surface area (Å²) >= 11 is 0. The third kappa shape index (κ3) is 4.75. The summed E-state index contributed by atoms with van der Waals surface area (Å²) in [6.07, 6.45) is 2.50. The lowest BCUT2D eigenvalue weighted by Gasteiger charge is -2.59. The van der Waals surface area contributed by atoms with Gasteiger partial charge in [0.25, 0.3) is 0 Å². The van der Waals surface area contributed by atoms with Crippen molar-refractivity contribution >= 4 is 17.9 Å². The second-order valence-corrected chi connectivity index (χ2v) is 9.50. The standard InChI is InChI=1S/C23H29N7O4/c31-20(29-9-6-24-7-10-29)26-19-5-8-30(21(32)27-19)18-3-1-16(2-4-18)13-28-14-23(15-28)11-17(12-23)25-22(33)34/h1-5,8,17,24-25H,6-7,9-15H2,(H,33,34)(H,26,27,31,32). The van der Waals surface area contributed by atoms with Crippen LogP contribution in [0.15, 0.2) is 41.3 Å². The minimum atomic E-state index is -0.944. The first kappa shape index (κ1) is 22.4. The Morgan fingerprint density at radius 3 is 2.47 bits per heavy atom. The molecule has 11 heteroatoms. The second kappa shape index (κ2) is 9.07. The van der Waals surface area contributed by atoms with Gasteiger partial charge in [-0.25, -0.2) is 14.4 Å². The number of amides is 3. The molecule has 11 nitrogen and oxygen atoms in total. The van der Waals surface area contributed by atoms with E-state index in [2.05, 4.69) is 25.8 Å². The highest BCUT2D eigenvalue weighted by molar-refractivity contribution is 5.88. The van der Waals surface area contributed by atoms with Gasteiger partial charge in [0.05, 0.1) is 5.69 Å². The van der Waals surface area contributed by atoms with Crippen LogP contribution in [0.4, 0.5) is 15.4 Å². The predicted octanol–water partition coefficient (Wildman–Crippen LogP) is 0.902. The first-order chi connectivity index (χ1) is 16.4. The van der Waals surface area contributed by atoms with Gasteiger partial charge in [0.1, 0.15) is 5.82 Å². The third-order valence-corrected chi connectivity index (χ3v) is 6.87. The molecule has 2 aliphatic heterocycles. The summed E-state index contributed by atoms with van der Waals surface area (Å²) < 4.78 is 1.45. The van der Waals surface area contributed by atoms with E-state index in [-0.39, 0.29) is 23.3 Å². The molecule has 3 heterocycles. The van der Waals surface area contributed by atoms with Crippen LogP contribution in [0.2, 0.25) is 0 Å². The normalized spacial score (nSPS) is 19.8. The molecule has 1 aliphatic carbocycles. The van der Waals surface area contributed by atoms with Crippen molar-refractivity contribution in [3.05, 3.63) is 52.6 Å². The fourth-order valence-electron chi connectivity index (χ4n) is 5.28. The Labute approximate surface area is 196 Å². The number of benzene rings is 1. The molecule has 180 valence electrons. The molecule has 0 bridgehead atoms. The molecule has 3 amide bonds. The number of rotatable bonds is 5. The van der Waals surface area contributed by atoms with E-state index < -0.39 is 11.8 Å². The van der Waals surface area contributed by atoms with Crippen molar-refractivity contribution < 1.29 is 14.7 Å². The molecule has 2 saturated heterocycles. The average Bonchev–Trinajstić information content (AvgIpc) is 2.77. The maximum Gasteiger partial charge on any atom is 0.404 e. The minimum absolute atomic E-state index is 0.0904. The molecule has 1 aromatic carbocycles. The molecule has 1 spiro atoms. The van der Waals surface area contributed by atoms with Crippen LogP contribution < -0.4 is 21.6 Å². The molecule has 5 rings (SSSR count). The first-order valence-corrected chi connectivity index (χ1v) is 11.6. The summed E-state index contributed by atoms with van der Waals surface area (Å²) in [7, 11) is 0. The molecule has 0 unspecified atom stereocenters. The Hall–Kier alpha value is -3.44. The second-order valence-electron chi connectivity index (χ2n) is 9.50. The van der Waals surface area contributed by atoms with Gasteiger partial charge in [0.2, 0.25) is 0 Å². The molecule has 3 aliphatic rings. The van der Waals surface area contributed by atoms with Crippen LogP contribution in [-0.4, -0.2) is 81.9 Å². The first-order valence-electron chi connectivity index (χ1n) is 11.6. The fourth-order valence-corrected chi connectivity index (χ4v) is 5.28. The number of nitrogens with one attached hydrogen (secondary N) is 3.